The van der Waals surface area contributed by atoms with E-state index in [1.165, 1.54) is 0 Å². The summed E-state index contributed by atoms with van der Waals surface area (Å²) in [6.45, 7) is 8.99. The van der Waals surface area contributed by atoms with Crippen LogP contribution in [0, 0.1) is 13.8 Å². The van der Waals surface area contributed by atoms with Crippen LogP contribution in [0.2, 0.25) is 0 Å². The molecule has 0 aliphatic heterocycles. The highest BCUT2D eigenvalue weighted by Crippen LogP contribution is 2.24. The summed E-state index contributed by atoms with van der Waals surface area (Å²) in [6, 6.07) is 3.50. The lowest BCUT2D eigenvalue weighted by molar-refractivity contribution is 0.0386. The quantitative estimate of drug-likeness (QED) is 0.316. The molecular formula is C19H29IN4O3. The number of halogens is 1. The average molecular weight is 488 g/mol. The highest BCUT2D eigenvalue weighted by Gasteiger charge is 2.26. The summed E-state index contributed by atoms with van der Waals surface area (Å²) in [4.78, 5) is 9.03. The van der Waals surface area contributed by atoms with Crippen LogP contribution in [0.1, 0.15) is 36.4 Å². The zero-order chi connectivity index (χ0) is 19.2. The second-order valence-electron chi connectivity index (χ2n) is 6.35. The Labute approximate surface area is 177 Å². The Morgan fingerprint density at radius 1 is 1.37 bits per heavy atom. The molecule has 2 rings (SSSR count). The van der Waals surface area contributed by atoms with E-state index < -0.39 is 5.60 Å². The Balaban J connectivity index is 0.00000364. The molecule has 0 spiro atoms. The van der Waals surface area contributed by atoms with Gasteiger partial charge in [0.15, 0.2) is 5.96 Å². The minimum Gasteiger partial charge on any atom is -0.496 e. The SMILES string of the molecule is CCNC(=NCc1ncc(C)c(OC)c1C)NCC(C)(O)c1ccco1.I. The van der Waals surface area contributed by atoms with Gasteiger partial charge in [-0.05, 0) is 39.8 Å². The number of hydrogen-bond donors (Lipinski definition) is 3. The predicted molar refractivity (Wildman–Crippen MR) is 117 cm³/mol. The van der Waals surface area contributed by atoms with Crippen LogP contribution in [0.25, 0.3) is 0 Å². The number of hydrogen-bond acceptors (Lipinski definition) is 5. The summed E-state index contributed by atoms with van der Waals surface area (Å²) in [5, 5.41) is 16.9. The number of rotatable bonds is 7. The van der Waals surface area contributed by atoms with Crippen molar-refractivity contribution in [1.82, 2.24) is 15.6 Å². The van der Waals surface area contributed by atoms with Crippen LogP contribution in [-0.2, 0) is 12.1 Å². The molecule has 0 fully saturated rings. The minimum atomic E-state index is -1.14. The molecule has 3 N–H and O–H groups in total. The molecule has 0 saturated heterocycles. The lowest BCUT2D eigenvalue weighted by atomic mass is 10.0. The lowest BCUT2D eigenvalue weighted by Gasteiger charge is -2.22. The standard InChI is InChI=1S/C19H28N4O3.HI/c1-6-20-18(23-12-19(4,24)16-8-7-9-26-16)22-11-15-14(3)17(25-5)13(2)10-21-15;/h7-10,24H,6,11-12H2,1-5H3,(H2,20,22,23);1H. The Hall–Kier alpha value is -1.81. The van der Waals surface area contributed by atoms with Crippen LogP contribution in [-0.4, -0.2) is 36.2 Å². The largest absolute Gasteiger partial charge is 0.496 e. The zero-order valence-electron chi connectivity index (χ0n) is 16.5. The number of nitrogens with one attached hydrogen (secondary N) is 2. The summed E-state index contributed by atoms with van der Waals surface area (Å²) >= 11 is 0. The molecule has 0 aliphatic carbocycles. The number of aliphatic imine (C=N–C) groups is 1. The van der Waals surface area contributed by atoms with Gasteiger partial charge in [-0.1, -0.05) is 0 Å². The third-order valence-corrected chi connectivity index (χ3v) is 4.13. The van der Waals surface area contributed by atoms with E-state index in [9.17, 15) is 5.11 Å². The van der Waals surface area contributed by atoms with Gasteiger partial charge in [0.1, 0.15) is 17.1 Å². The number of nitrogens with zero attached hydrogens (tertiary/aromatic N) is 2. The molecule has 0 aliphatic rings. The first-order valence-corrected chi connectivity index (χ1v) is 8.66. The van der Waals surface area contributed by atoms with Gasteiger partial charge in [-0.15, -0.1) is 24.0 Å². The van der Waals surface area contributed by atoms with Crippen molar-refractivity contribution in [2.45, 2.75) is 39.8 Å². The summed E-state index contributed by atoms with van der Waals surface area (Å²) in [5.41, 5.74) is 1.69. The van der Waals surface area contributed by atoms with Crippen molar-refractivity contribution in [1.29, 1.82) is 0 Å². The fraction of sp³-hybridized carbons (Fsp3) is 0.474. The molecule has 0 radical (unpaired) electrons. The van der Waals surface area contributed by atoms with E-state index in [2.05, 4.69) is 20.6 Å². The zero-order valence-corrected chi connectivity index (χ0v) is 18.8. The fourth-order valence-electron chi connectivity index (χ4n) is 2.65. The van der Waals surface area contributed by atoms with Gasteiger partial charge in [0.2, 0.25) is 0 Å². The summed E-state index contributed by atoms with van der Waals surface area (Å²) < 4.78 is 10.7. The Morgan fingerprint density at radius 3 is 2.70 bits per heavy atom. The van der Waals surface area contributed by atoms with Crippen molar-refractivity contribution >= 4 is 29.9 Å². The van der Waals surface area contributed by atoms with E-state index in [0.29, 0.717) is 24.8 Å². The maximum atomic E-state index is 10.6. The number of aromatic nitrogens is 1. The smallest absolute Gasteiger partial charge is 0.191 e. The Bertz CT molecular complexity index is 746. The molecule has 27 heavy (non-hydrogen) atoms. The van der Waals surface area contributed by atoms with E-state index in [4.69, 9.17) is 9.15 Å². The Kier molecular flexibility index (Phi) is 9.04. The molecule has 0 bridgehead atoms. The maximum Gasteiger partial charge on any atom is 0.191 e. The fourth-order valence-corrected chi connectivity index (χ4v) is 2.65. The summed E-state index contributed by atoms with van der Waals surface area (Å²) in [5.74, 6) is 1.94. The third kappa shape index (κ3) is 6.10. The molecule has 0 saturated carbocycles. The van der Waals surface area contributed by atoms with Gasteiger partial charge in [0.05, 0.1) is 32.2 Å². The van der Waals surface area contributed by atoms with E-state index in [1.54, 1.807) is 38.6 Å². The molecule has 1 atom stereocenters. The summed E-state index contributed by atoms with van der Waals surface area (Å²) in [7, 11) is 1.66. The molecule has 1 unspecified atom stereocenters. The van der Waals surface area contributed by atoms with E-state index in [0.717, 1.165) is 22.6 Å². The van der Waals surface area contributed by atoms with Crippen LogP contribution in [0.5, 0.6) is 5.75 Å². The van der Waals surface area contributed by atoms with Crippen LogP contribution in [0.15, 0.2) is 34.0 Å². The number of guanidine groups is 1. The van der Waals surface area contributed by atoms with E-state index >= 15 is 0 Å². The third-order valence-electron chi connectivity index (χ3n) is 4.13. The van der Waals surface area contributed by atoms with Crippen molar-refractivity contribution in [2.75, 3.05) is 20.2 Å². The molecule has 0 aromatic carbocycles. The first-order valence-electron chi connectivity index (χ1n) is 8.66. The number of furan rings is 1. The van der Waals surface area contributed by atoms with Crippen LogP contribution >= 0.6 is 24.0 Å². The van der Waals surface area contributed by atoms with Crippen molar-refractivity contribution in [3.63, 3.8) is 0 Å². The number of methoxy groups -OCH3 is 1. The molecular weight excluding hydrogens is 459 g/mol. The second kappa shape index (κ2) is 10.5. The van der Waals surface area contributed by atoms with Gasteiger partial charge in [-0.2, -0.15) is 0 Å². The number of pyridine rings is 1. The molecule has 150 valence electrons. The lowest BCUT2D eigenvalue weighted by Crippen LogP contribution is -2.44. The van der Waals surface area contributed by atoms with Crippen molar-refractivity contribution in [2.24, 2.45) is 4.99 Å². The maximum absolute atomic E-state index is 10.6. The van der Waals surface area contributed by atoms with Gasteiger partial charge >= 0.3 is 0 Å². The summed E-state index contributed by atoms with van der Waals surface area (Å²) in [6.07, 6.45) is 3.33. The molecule has 0 amide bonds. The highest BCUT2D eigenvalue weighted by molar-refractivity contribution is 14.0. The highest BCUT2D eigenvalue weighted by atomic mass is 127. The molecule has 2 heterocycles. The van der Waals surface area contributed by atoms with Gasteiger partial charge in [-0.25, -0.2) is 4.99 Å². The normalized spacial score (nSPS) is 13.5. The van der Waals surface area contributed by atoms with Crippen molar-refractivity contribution < 1.29 is 14.3 Å². The van der Waals surface area contributed by atoms with Crippen molar-refractivity contribution in [3.05, 3.63) is 47.2 Å². The molecule has 2 aromatic rings. The molecule has 7 nitrogen and oxygen atoms in total. The number of aryl methyl sites for hydroxylation is 1. The average Bonchev–Trinajstić information content (AvgIpc) is 3.15. The van der Waals surface area contributed by atoms with Gasteiger partial charge in [0.25, 0.3) is 0 Å². The first-order chi connectivity index (χ1) is 12.4. The predicted octanol–water partition coefficient (Wildman–Crippen LogP) is 2.88. The van der Waals surface area contributed by atoms with Gasteiger partial charge < -0.3 is 24.9 Å². The number of ether oxygens (including phenoxy) is 1. The van der Waals surface area contributed by atoms with E-state index in [-0.39, 0.29) is 30.5 Å². The molecule has 8 heteroatoms. The molecule has 2 aromatic heterocycles. The monoisotopic (exact) mass is 488 g/mol. The minimum absolute atomic E-state index is 0. The van der Waals surface area contributed by atoms with Crippen LogP contribution < -0.4 is 15.4 Å². The van der Waals surface area contributed by atoms with Crippen LogP contribution in [0.3, 0.4) is 0 Å². The van der Waals surface area contributed by atoms with Crippen molar-refractivity contribution in [3.8, 4) is 5.75 Å². The van der Waals surface area contributed by atoms with Gasteiger partial charge in [0, 0.05) is 23.9 Å². The number of aliphatic hydroxyl groups is 1. The second-order valence-corrected chi connectivity index (χ2v) is 6.35. The Morgan fingerprint density at radius 2 is 2.11 bits per heavy atom. The van der Waals surface area contributed by atoms with Gasteiger partial charge in [-0.3, -0.25) is 4.98 Å². The first kappa shape index (κ1) is 23.2. The topological polar surface area (TPSA) is 91.9 Å². The van der Waals surface area contributed by atoms with Crippen LogP contribution in [0.4, 0.5) is 0 Å². The van der Waals surface area contributed by atoms with E-state index in [1.807, 2.05) is 20.8 Å².